The molecule has 2 unspecified atom stereocenters. The van der Waals surface area contributed by atoms with Gasteiger partial charge in [0.15, 0.2) is 5.78 Å². The zero-order valence-electron chi connectivity index (χ0n) is 15.9. The highest BCUT2D eigenvalue weighted by atomic mass is 16.6. The number of ketones is 1. The standard InChI is InChI=1S/C19H27N3O4/c1-19(2,3)26-18(24)22-14-6-5-7-15(22)9-12(8-14)16(23)13-10-20-17(25-4)21-11-13/h10-12,14-15H,5-9H2,1-4H3. The summed E-state index contributed by atoms with van der Waals surface area (Å²) in [5, 5.41) is 0. The van der Waals surface area contributed by atoms with Crippen LogP contribution >= 0.6 is 0 Å². The number of rotatable bonds is 3. The number of methoxy groups -OCH3 is 1. The quantitative estimate of drug-likeness (QED) is 0.769. The lowest BCUT2D eigenvalue weighted by molar-refractivity contribution is -0.0260. The van der Waals surface area contributed by atoms with Crippen molar-refractivity contribution in [2.45, 2.75) is 70.6 Å². The number of Topliss-reactive ketones (excluding diaryl/α,β-unsaturated/α-hetero) is 1. The van der Waals surface area contributed by atoms with Crippen LogP contribution in [0.4, 0.5) is 4.79 Å². The van der Waals surface area contributed by atoms with Crippen molar-refractivity contribution in [3.63, 3.8) is 0 Å². The van der Waals surface area contributed by atoms with Crippen LogP contribution in [0.2, 0.25) is 0 Å². The van der Waals surface area contributed by atoms with Crippen LogP contribution in [0.5, 0.6) is 6.01 Å². The number of fused-ring (bicyclic) bond motifs is 2. The highest BCUT2D eigenvalue weighted by Crippen LogP contribution is 2.39. The van der Waals surface area contributed by atoms with Crippen LogP contribution in [0.1, 0.15) is 63.2 Å². The summed E-state index contributed by atoms with van der Waals surface area (Å²) in [5.74, 6) is -0.0608. The third-order valence-electron chi connectivity index (χ3n) is 5.05. The molecule has 0 radical (unpaired) electrons. The Morgan fingerprint density at radius 2 is 1.69 bits per heavy atom. The molecule has 2 fully saturated rings. The molecule has 7 nitrogen and oxygen atoms in total. The topological polar surface area (TPSA) is 81.6 Å². The minimum atomic E-state index is -0.515. The summed E-state index contributed by atoms with van der Waals surface area (Å²) < 4.78 is 10.5. The Morgan fingerprint density at radius 1 is 1.12 bits per heavy atom. The third-order valence-corrected chi connectivity index (χ3v) is 5.05. The SMILES string of the molecule is COc1ncc(C(=O)C2CC3CCCC(C2)N3C(=O)OC(C)(C)C)cn1. The van der Waals surface area contributed by atoms with Crippen molar-refractivity contribution >= 4 is 11.9 Å². The summed E-state index contributed by atoms with van der Waals surface area (Å²) in [6.07, 6.45) is 7.03. The first kappa shape index (κ1) is 18.6. The van der Waals surface area contributed by atoms with E-state index in [1.807, 2.05) is 25.7 Å². The average Bonchev–Trinajstić information content (AvgIpc) is 2.58. The Hall–Kier alpha value is -2.18. The maximum Gasteiger partial charge on any atom is 0.410 e. The van der Waals surface area contributed by atoms with Crippen molar-refractivity contribution in [3.8, 4) is 6.01 Å². The first-order valence-corrected chi connectivity index (χ1v) is 9.20. The Bertz CT molecular complexity index is 654. The monoisotopic (exact) mass is 361 g/mol. The molecule has 0 N–H and O–H groups in total. The number of carbonyl (C=O) groups is 2. The fourth-order valence-corrected chi connectivity index (χ4v) is 3.99. The van der Waals surface area contributed by atoms with Gasteiger partial charge in [-0.3, -0.25) is 4.79 Å². The van der Waals surface area contributed by atoms with Gasteiger partial charge in [-0.25, -0.2) is 14.8 Å². The Morgan fingerprint density at radius 3 is 2.19 bits per heavy atom. The second-order valence-electron chi connectivity index (χ2n) is 8.12. The summed E-state index contributed by atoms with van der Waals surface area (Å²) in [6.45, 7) is 5.63. The molecular weight excluding hydrogens is 334 g/mol. The van der Waals surface area contributed by atoms with Crippen molar-refractivity contribution in [3.05, 3.63) is 18.0 Å². The van der Waals surface area contributed by atoms with E-state index in [0.29, 0.717) is 18.4 Å². The average molecular weight is 361 g/mol. The van der Waals surface area contributed by atoms with Crippen LogP contribution in [0, 0.1) is 5.92 Å². The lowest BCUT2D eigenvalue weighted by Crippen LogP contribution is -2.56. The third kappa shape index (κ3) is 3.97. The fraction of sp³-hybridized carbons (Fsp3) is 0.684. The second-order valence-corrected chi connectivity index (χ2v) is 8.12. The Labute approximate surface area is 154 Å². The van der Waals surface area contributed by atoms with Gasteiger partial charge in [-0.15, -0.1) is 0 Å². The smallest absolute Gasteiger partial charge is 0.410 e. The highest BCUT2D eigenvalue weighted by molar-refractivity contribution is 5.97. The lowest BCUT2D eigenvalue weighted by Gasteiger charge is -2.48. The van der Waals surface area contributed by atoms with Gasteiger partial charge in [0.2, 0.25) is 0 Å². The van der Waals surface area contributed by atoms with Gasteiger partial charge in [-0.2, -0.15) is 0 Å². The van der Waals surface area contributed by atoms with Gasteiger partial charge in [-0.05, 0) is 52.9 Å². The maximum atomic E-state index is 12.9. The summed E-state index contributed by atoms with van der Waals surface area (Å²) in [4.78, 5) is 35.4. The normalized spacial score (nSPS) is 25.5. The molecule has 7 heteroatoms. The number of ether oxygens (including phenoxy) is 2. The van der Waals surface area contributed by atoms with Crippen molar-refractivity contribution in [2.24, 2.45) is 5.92 Å². The molecule has 1 aromatic rings. The summed E-state index contributed by atoms with van der Waals surface area (Å²) in [5.41, 5.74) is -0.0158. The molecule has 26 heavy (non-hydrogen) atoms. The second kappa shape index (κ2) is 7.21. The van der Waals surface area contributed by atoms with Crippen LogP contribution in [-0.2, 0) is 4.74 Å². The molecule has 0 saturated carbocycles. The first-order chi connectivity index (χ1) is 12.3. The molecule has 1 amide bonds. The predicted octanol–water partition coefficient (Wildman–Crippen LogP) is 3.24. The number of piperidine rings is 2. The van der Waals surface area contributed by atoms with E-state index in [0.717, 1.165) is 19.3 Å². The highest BCUT2D eigenvalue weighted by Gasteiger charge is 2.44. The van der Waals surface area contributed by atoms with Crippen LogP contribution in [0.15, 0.2) is 12.4 Å². The van der Waals surface area contributed by atoms with Gasteiger partial charge in [0.1, 0.15) is 5.60 Å². The molecule has 2 saturated heterocycles. The van der Waals surface area contributed by atoms with Gasteiger partial charge in [0, 0.05) is 30.4 Å². The fourth-order valence-electron chi connectivity index (χ4n) is 3.99. The lowest BCUT2D eigenvalue weighted by atomic mass is 9.76. The van der Waals surface area contributed by atoms with Crippen LogP contribution < -0.4 is 4.74 Å². The molecule has 2 aliphatic heterocycles. The number of hydrogen-bond donors (Lipinski definition) is 0. The zero-order valence-corrected chi connectivity index (χ0v) is 15.9. The Balaban J connectivity index is 1.72. The Kier molecular flexibility index (Phi) is 5.16. The maximum absolute atomic E-state index is 12.9. The molecule has 1 aromatic heterocycles. The van der Waals surface area contributed by atoms with Crippen LogP contribution in [0.25, 0.3) is 0 Å². The number of nitrogens with zero attached hydrogens (tertiary/aromatic N) is 3. The number of amides is 1. The van der Waals surface area contributed by atoms with Crippen molar-refractivity contribution < 1.29 is 19.1 Å². The molecule has 0 spiro atoms. The summed E-state index contributed by atoms with van der Waals surface area (Å²) in [6, 6.07) is 0.370. The van der Waals surface area contributed by atoms with Crippen molar-refractivity contribution in [1.29, 1.82) is 0 Å². The van der Waals surface area contributed by atoms with Crippen LogP contribution in [0.3, 0.4) is 0 Å². The van der Waals surface area contributed by atoms with Crippen molar-refractivity contribution in [2.75, 3.05) is 7.11 Å². The molecule has 3 heterocycles. The molecule has 142 valence electrons. The molecule has 2 atom stereocenters. The molecule has 0 aliphatic carbocycles. The van der Waals surface area contributed by atoms with Gasteiger partial charge in [-0.1, -0.05) is 0 Å². The van der Waals surface area contributed by atoms with Crippen molar-refractivity contribution in [1.82, 2.24) is 14.9 Å². The van der Waals surface area contributed by atoms with E-state index in [1.54, 1.807) is 0 Å². The summed E-state index contributed by atoms with van der Waals surface area (Å²) >= 11 is 0. The number of aromatic nitrogens is 2. The van der Waals surface area contributed by atoms with Gasteiger partial charge in [0.05, 0.1) is 12.7 Å². The zero-order chi connectivity index (χ0) is 18.9. The molecule has 3 rings (SSSR count). The van der Waals surface area contributed by atoms with Gasteiger partial charge in [0.25, 0.3) is 0 Å². The van der Waals surface area contributed by atoms with E-state index in [9.17, 15) is 9.59 Å². The first-order valence-electron chi connectivity index (χ1n) is 9.20. The minimum absolute atomic E-state index is 0.0494. The minimum Gasteiger partial charge on any atom is -0.467 e. The van der Waals surface area contributed by atoms with E-state index in [4.69, 9.17) is 9.47 Å². The molecular formula is C19H27N3O4. The number of carbonyl (C=O) groups excluding carboxylic acids is 2. The van der Waals surface area contributed by atoms with E-state index in [2.05, 4.69) is 9.97 Å². The van der Waals surface area contributed by atoms with Gasteiger partial charge < -0.3 is 14.4 Å². The van der Waals surface area contributed by atoms with E-state index < -0.39 is 5.60 Å². The molecule has 0 aromatic carbocycles. The predicted molar refractivity (Wildman–Crippen MR) is 95.1 cm³/mol. The number of hydrogen-bond acceptors (Lipinski definition) is 6. The molecule has 2 bridgehead atoms. The van der Waals surface area contributed by atoms with Gasteiger partial charge >= 0.3 is 12.1 Å². The largest absolute Gasteiger partial charge is 0.467 e. The van der Waals surface area contributed by atoms with E-state index >= 15 is 0 Å². The van der Waals surface area contributed by atoms with E-state index in [-0.39, 0.29) is 35.9 Å². The van der Waals surface area contributed by atoms with E-state index in [1.165, 1.54) is 19.5 Å². The van der Waals surface area contributed by atoms with Crippen LogP contribution in [-0.4, -0.2) is 51.5 Å². The summed E-state index contributed by atoms with van der Waals surface area (Å²) in [7, 11) is 1.49. The molecule has 2 aliphatic rings.